The lowest BCUT2D eigenvalue weighted by Crippen LogP contribution is -2.69. The quantitative estimate of drug-likeness (QED) is 0.687. The van der Waals surface area contributed by atoms with Gasteiger partial charge in [-0.05, 0) is 55.5 Å². The summed E-state index contributed by atoms with van der Waals surface area (Å²) in [6, 6.07) is 7.03. The van der Waals surface area contributed by atoms with Gasteiger partial charge in [-0.15, -0.1) is 10.2 Å². The lowest BCUT2D eigenvalue weighted by molar-refractivity contribution is -0.0912. The van der Waals surface area contributed by atoms with E-state index in [0.29, 0.717) is 23.0 Å². The highest BCUT2D eigenvalue weighted by Crippen LogP contribution is 2.53. The number of amides is 2. The van der Waals surface area contributed by atoms with Gasteiger partial charge in [0.05, 0.1) is 6.20 Å². The predicted octanol–water partition coefficient (Wildman–Crippen LogP) is 4.57. The smallest absolute Gasteiger partial charge is 0.322 e. The van der Waals surface area contributed by atoms with E-state index >= 15 is 0 Å². The number of aromatic nitrogens is 3. The number of halogens is 1. The molecule has 5 rings (SSSR count). The van der Waals surface area contributed by atoms with Crippen molar-refractivity contribution in [3.8, 4) is 11.1 Å². The van der Waals surface area contributed by atoms with Crippen LogP contribution in [0.25, 0.3) is 11.1 Å². The molecule has 2 aliphatic rings. The third-order valence-corrected chi connectivity index (χ3v) is 6.17. The number of nitrogens with one attached hydrogen (secondary N) is 1. The summed E-state index contributed by atoms with van der Waals surface area (Å²) in [5.74, 6) is 0.619. The van der Waals surface area contributed by atoms with Gasteiger partial charge in [-0.1, -0.05) is 6.07 Å². The summed E-state index contributed by atoms with van der Waals surface area (Å²) in [6.45, 7) is 3.70. The van der Waals surface area contributed by atoms with Crippen LogP contribution < -0.4 is 5.32 Å². The monoisotopic (exact) mass is 407 g/mol. The molecule has 1 N–H and O–H groups in total. The molecule has 2 bridgehead atoms. The van der Waals surface area contributed by atoms with Crippen molar-refractivity contribution in [2.24, 2.45) is 0 Å². The van der Waals surface area contributed by atoms with Crippen molar-refractivity contribution in [3.05, 3.63) is 59.8 Å². The van der Waals surface area contributed by atoms with E-state index < -0.39 is 11.4 Å². The van der Waals surface area contributed by atoms with Crippen LogP contribution in [0.1, 0.15) is 43.0 Å². The second kappa shape index (κ2) is 6.90. The molecule has 3 aromatic rings. The molecule has 1 saturated heterocycles. The van der Waals surface area contributed by atoms with Gasteiger partial charge in [0.25, 0.3) is 0 Å². The molecule has 2 unspecified atom stereocenters. The number of carbonyl (C=O) groups excluding carboxylic acids is 1. The second-order valence-electron chi connectivity index (χ2n) is 8.13. The highest BCUT2D eigenvalue weighted by atomic mass is 19.1. The van der Waals surface area contributed by atoms with Crippen LogP contribution in [-0.4, -0.2) is 32.2 Å². The number of piperidine rings is 1. The molecule has 3 heterocycles. The summed E-state index contributed by atoms with van der Waals surface area (Å²) in [4.78, 5) is 19.0. The highest BCUT2D eigenvalue weighted by Gasteiger charge is 2.60. The molecule has 2 fully saturated rings. The standard InChI is InChI=1S/C22H22FN5O2/c1-13-5-6-17(9-19(13)15-8-16(23)12-24-11-15)25-21(29)28-18-4-3-7-22(28,10-18)20-27-26-14(2)30-20/h5-6,8-9,11-12,18H,3-4,7,10H2,1-2H3,(H,25,29). The first kappa shape index (κ1) is 18.7. The number of fused-ring (bicyclic) bond motifs is 2. The fourth-order valence-electron chi connectivity index (χ4n) is 4.80. The molecule has 2 aromatic heterocycles. The SMILES string of the molecule is Cc1nnc(C23CCCC(C2)N3C(=O)Nc2ccc(C)c(-c3cncc(F)c3)c2)o1. The van der Waals surface area contributed by atoms with E-state index in [4.69, 9.17) is 4.42 Å². The Hall–Kier alpha value is -3.29. The number of hydrogen-bond donors (Lipinski definition) is 1. The van der Waals surface area contributed by atoms with Crippen LogP contribution >= 0.6 is 0 Å². The molecule has 1 aliphatic carbocycles. The number of pyridine rings is 1. The summed E-state index contributed by atoms with van der Waals surface area (Å²) in [5, 5.41) is 11.2. The van der Waals surface area contributed by atoms with Crippen LogP contribution in [-0.2, 0) is 5.54 Å². The zero-order valence-electron chi connectivity index (χ0n) is 16.9. The number of urea groups is 1. The predicted molar refractivity (Wildman–Crippen MR) is 108 cm³/mol. The molecule has 8 heteroatoms. The molecule has 0 radical (unpaired) electrons. The van der Waals surface area contributed by atoms with E-state index in [1.807, 2.05) is 30.0 Å². The molecule has 2 amide bonds. The molecule has 0 spiro atoms. The number of anilines is 1. The minimum Gasteiger partial charge on any atom is -0.423 e. The van der Waals surface area contributed by atoms with E-state index in [-0.39, 0.29) is 12.1 Å². The molecule has 7 nitrogen and oxygen atoms in total. The number of carbonyl (C=O) groups is 1. The van der Waals surface area contributed by atoms with E-state index in [1.165, 1.54) is 12.3 Å². The van der Waals surface area contributed by atoms with E-state index in [0.717, 1.165) is 36.8 Å². The van der Waals surface area contributed by atoms with Crippen LogP contribution in [0, 0.1) is 19.7 Å². The Bertz CT molecular complexity index is 1130. The average molecular weight is 407 g/mol. The molecular weight excluding hydrogens is 385 g/mol. The van der Waals surface area contributed by atoms with Crippen LogP contribution in [0.2, 0.25) is 0 Å². The third-order valence-electron chi connectivity index (χ3n) is 6.17. The topological polar surface area (TPSA) is 84.2 Å². The second-order valence-corrected chi connectivity index (χ2v) is 8.13. The molecule has 1 aliphatic heterocycles. The number of rotatable bonds is 3. The Balaban J connectivity index is 1.42. The third kappa shape index (κ3) is 2.94. The van der Waals surface area contributed by atoms with Crippen molar-refractivity contribution in [3.63, 3.8) is 0 Å². The van der Waals surface area contributed by atoms with Crippen LogP contribution in [0.5, 0.6) is 0 Å². The molecular formula is C22H22FN5O2. The van der Waals surface area contributed by atoms with E-state index in [9.17, 15) is 9.18 Å². The summed E-state index contributed by atoms with van der Waals surface area (Å²) in [7, 11) is 0. The summed E-state index contributed by atoms with van der Waals surface area (Å²) >= 11 is 0. The number of aryl methyl sites for hydroxylation is 2. The Morgan fingerprint density at radius 2 is 2.13 bits per heavy atom. The van der Waals surface area contributed by atoms with Gasteiger partial charge in [0, 0.05) is 36.8 Å². The Labute approximate surface area is 173 Å². The van der Waals surface area contributed by atoms with Gasteiger partial charge in [0.15, 0.2) is 0 Å². The number of likely N-dealkylation sites (tertiary alicyclic amines) is 1. The minimum atomic E-state index is -0.520. The van der Waals surface area contributed by atoms with Gasteiger partial charge in [-0.25, -0.2) is 9.18 Å². The number of hydrogen-bond acceptors (Lipinski definition) is 5. The molecule has 30 heavy (non-hydrogen) atoms. The number of nitrogens with zero attached hydrogens (tertiary/aromatic N) is 4. The number of benzene rings is 1. The Kier molecular flexibility index (Phi) is 4.30. The Morgan fingerprint density at radius 1 is 1.27 bits per heavy atom. The first-order chi connectivity index (χ1) is 14.5. The molecule has 1 saturated carbocycles. The van der Waals surface area contributed by atoms with E-state index in [2.05, 4.69) is 20.5 Å². The Morgan fingerprint density at radius 3 is 2.87 bits per heavy atom. The molecule has 154 valence electrons. The van der Waals surface area contributed by atoms with Crippen molar-refractivity contribution >= 4 is 11.7 Å². The first-order valence-corrected chi connectivity index (χ1v) is 10.1. The normalized spacial score (nSPS) is 22.5. The zero-order valence-corrected chi connectivity index (χ0v) is 16.9. The maximum Gasteiger partial charge on any atom is 0.322 e. The van der Waals surface area contributed by atoms with E-state index in [1.54, 1.807) is 13.1 Å². The summed E-state index contributed by atoms with van der Waals surface area (Å²) < 4.78 is 19.3. The van der Waals surface area contributed by atoms with Crippen molar-refractivity contribution in [1.29, 1.82) is 0 Å². The van der Waals surface area contributed by atoms with Gasteiger partial charge in [0.2, 0.25) is 11.8 Å². The fraction of sp³-hybridized carbons (Fsp3) is 0.364. The van der Waals surface area contributed by atoms with Gasteiger partial charge >= 0.3 is 6.03 Å². The van der Waals surface area contributed by atoms with Crippen molar-refractivity contribution in [2.75, 3.05) is 5.32 Å². The van der Waals surface area contributed by atoms with Crippen molar-refractivity contribution in [1.82, 2.24) is 20.1 Å². The first-order valence-electron chi connectivity index (χ1n) is 10.1. The minimum absolute atomic E-state index is 0.170. The fourth-order valence-corrected chi connectivity index (χ4v) is 4.80. The van der Waals surface area contributed by atoms with Gasteiger partial charge < -0.3 is 14.6 Å². The van der Waals surface area contributed by atoms with Crippen LogP contribution in [0.15, 0.2) is 41.1 Å². The average Bonchev–Trinajstić information content (AvgIpc) is 3.16. The lowest BCUT2D eigenvalue weighted by Gasteiger charge is -2.59. The van der Waals surface area contributed by atoms with Gasteiger partial charge in [-0.2, -0.15) is 0 Å². The lowest BCUT2D eigenvalue weighted by atomic mass is 9.68. The van der Waals surface area contributed by atoms with Crippen LogP contribution in [0.3, 0.4) is 0 Å². The van der Waals surface area contributed by atoms with Gasteiger partial charge in [0.1, 0.15) is 11.4 Å². The van der Waals surface area contributed by atoms with Gasteiger partial charge in [-0.3, -0.25) is 4.98 Å². The largest absolute Gasteiger partial charge is 0.423 e. The van der Waals surface area contributed by atoms with Crippen molar-refractivity contribution < 1.29 is 13.6 Å². The maximum absolute atomic E-state index is 13.6. The summed E-state index contributed by atoms with van der Waals surface area (Å²) in [6.07, 6.45) is 6.44. The maximum atomic E-state index is 13.6. The molecule has 1 aromatic carbocycles. The van der Waals surface area contributed by atoms with Crippen molar-refractivity contribution in [2.45, 2.75) is 51.1 Å². The molecule has 2 atom stereocenters. The van der Waals surface area contributed by atoms with Crippen LogP contribution in [0.4, 0.5) is 14.9 Å². The highest BCUT2D eigenvalue weighted by molar-refractivity contribution is 5.92. The zero-order chi connectivity index (χ0) is 20.9. The summed E-state index contributed by atoms with van der Waals surface area (Å²) in [5.41, 5.74) is 2.59.